The van der Waals surface area contributed by atoms with Crippen LogP contribution in [0.1, 0.15) is 46.6 Å². The molecule has 2 aromatic heterocycles. The first kappa shape index (κ1) is 18.6. The molecule has 28 heavy (non-hydrogen) atoms. The Labute approximate surface area is 166 Å². The Kier molecular flexibility index (Phi) is 4.66. The Hall–Kier alpha value is -2.75. The molecule has 4 rings (SSSR count). The Morgan fingerprint density at radius 3 is 2.11 bits per heavy atom. The van der Waals surface area contributed by atoms with Gasteiger partial charge in [-0.3, -0.25) is 0 Å². The number of benzene rings is 2. The third kappa shape index (κ3) is 3.51. The van der Waals surface area contributed by atoms with Gasteiger partial charge in [-0.25, -0.2) is 15.0 Å². The van der Waals surface area contributed by atoms with Gasteiger partial charge in [0.15, 0.2) is 11.3 Å². The van der Waals surface area contributed by atoms with Gasteiger partial charge >= 0.3 is 0 Å². The van der Waals surface area contributed by atoms with E-state index < -0.39 is 0 Å². The highest BCUT2D eigenvalue weighted by Gasteiger charge is 2.18. The van der Waals surface area contributed by atoms with Gasteiger partial charge in [0.25, 0.3) is 0 Å². The van der Waals surface area contributed by atoms with Gasteiger partial charge in [-0.05, 0) is 35.4 Å². The Bertz CT molecular complexity index is 1120. The standard InChI is InChI=1S/C24H28N4/c1-16(2)14-15-28-22(17-10-12-18(13-11-17)24(3,4)5)27-21-23(28)26-20-9-7-6-8-19(20)25-21/h6-13,16H,14-15H2,1-5H3. The van der Waals surface area contributed by atoms with Crippen LogP contribution in [0.15, 0.2) is 48.5 Å². The first-order valence-electron chi connectivity index (χ1n) is 10.1. The minimum atomic E-state index is 0.136. The molecule has 0 saturated carbocycles. The lowest BCUT2D eigenvalue weighted by Gasteiger charge is -2.19. The fourth-order valence-corrected chi connectivity index (χ4v) is 3.44. The molecule has 0 aliphatic carbocycles. The maximum atomic E-state index is 4.90. The van der Waals surface area contributed by atoms with Gasteiger partial charge < -0.3 is 4.57 Å². The number of fused-ring (bicyclic) bond motifs is 2. The first-order valence-corrected chi connectivity index (χ1v) is 10.1. The van der Waals surface area contributed by atoms with Gasteiger partial charge in [-0.2, -0.15) is 0 Å². The van der Waals surface area contributed by atoms with Crippen LogP contribution < -0.4 is 0 Å². The van der Waals surface area contributed by atoms with E-state index in [1.54, 1.807) is 0 Å². The summed E-state index contributed by atoms with van der Waals surface area (Å²) in [5.74, 6) is 1.56. The van der Waals surface area contributed by atoms with E-state index in [2.05, 4.69) is 63.5 Å². The van der Waals surface area contributed by atoms with Crippen LogP contribution >= 0.6 is 0 Å². The van der Waals surface area contributed by atoms with Crippen molar-refractivity contribution in [1.29, 1.82) is 0 Å². The van der Waals surface area contributed by atoms with Gasteiger partial charge in [0.2, 0.25) is 0 Å². The summed E-state index contributed by atoms with van der Waals surface area (Å²) in [6, 6.07) is 16.8. The van der Waals surface area contributed by atoms with Crippen LogP contribution in [0.3, 0.4) is 0 Å². The summed E-state index contributed by atoms with van der Waals surface area (Å²) in [6.45, 7) is 12.1. The molecule has 0 saturated heterocycles. The van der Waals surface area contributed by atoms with Crippen molar-refractivity contribution < 1.29 is 0 Å². The number of aromatic nitrogens is 4. The molecule has 4 aromatic rings. The second-order valence-corrected chi connectivity index (χ2v) is 8.96. The lowest BCUT2D eigenvalue weighted by molar-refractivity contribution is 0.524. The van der Waals surface area contributed by atoms with Crippen LogP contribution in [0, 0.1) is 5.92 Å². The van der Waals surface area contributed by atoms with Crippen LogP contribution in [0.2, 0.25) is 0 Å². The summed E-state index contributed by atoms with van der Waals surface area (Å²) >= 11 is 0. The number of hydrogen-bond acceptors (Lipinski definition) is 3. The number of rotatable bonds is 4. The molecule has 0 fully saturated rings. The molecule has 0 radical (unpaired) electrons. The molecule has 0 amide bonds. The topological polar surface area (TPSA) is 43.6 Å². The van der Waals surface area contributed by atoms with Crippen molar-refractivity contribution in [1.82, 2.24) is 19.5 Å². The van der Waals surface area contributed by atoms with Crippen molar-refractivity contribution in [2.45, 2.75) is 53.0 Å². The zero-order chi connectivity index (χ0) is 19.9. The summed E-state index contributed by atoms with van der Waals surface area (Å²) in [5.41, 5.74) is 5.96. The highest BCUT2D eigenvalue weighted by molar-refractivity contribution is 5.84. The van der Waals surface area contributed by atoms with Crippen molar-refractivity contribution in [3.05, 3.63) is 54.1 Å². The Balaban J connectivity index is 1.88. The lowest BCUT2D eigenvalue weighted by Crippen LogP contribution is -2.10. The van der Waals surface area contributed by atoms with Crippen molar-refractivity contribution >= 4 is 22.3 Å². The minimum Gasteiger partial charge on any atom is -0.307 e. The van der Waals surface area contributed by atoms with E-state index in [1.165, 1.54) is 5.56 Å². The van der Waals surface area contributed by atoms with E-state index in [9.17, 15) is 0 Å². The molecule has 2 heterocycles. The highest BCUT2D eigenvalue weighted by Crippen LogP contribution is 2.28. The molecule has 0 bridgehead atoms. The van der Waals surface area contributed by atoms with E-state index >= 15 is 0 Å². The molecule has 0 unspecified atom stereocenters. The second kappa shape index (κ2) is 7.01. The van der Waals surface area contributed by atoms with Crippen LogP contribution in [-0.4, -0.2) is 19.5 Å². The van der Waals surface area contributed by atoms with Crippen LogP contribution in [0.25, 0.3) is 33.7 Å². The summed E-state index contributed by atoms with van der Waals surface area (Å²) < 4.78 is 2.24. The third-order valence-electron chi connectivity index (χ3n) is 5.20. The van der Waals surface area contributed by atoms with Crippen molar-refractivity contribution in [3.8, 4) is 11.4 Å². The van der Waals surface area contributed by atoms with Crippen molar-refractivity contribution in [2.75, 3.05) is 0 Å². The molecule has 0 aliphatic heterocycles. The smallest absolute Gasteiger partial charge is 0.198 e. The zero-order valence-corrected chi connectivity index (χ0v) is 17.4. The normalized spacial score (nSPS) is 12.4. The van der Waals surface area contributed by atoms with Crippen molar-refractivity contribution in [3.63, 3.8) is 0 Å². The van der Waals surface area contributed by atoms with Gasteiger partial charge in [0.05, 0.1) is 11.0 Å². The molecule has 4 nitrogen and oxygen atoms in total. The molecule has 144 valence electrons. The quantitative estimate of drug-likeness (QED) is 0.442. The molecule has 0 aliphatic rings. The van der Waals surface area contributed by atoms with E-state index in [0.29, 0.717) is 5.92 Å². The van der Waals surface area contributed by atoms with E-state index in [0.717, 1.165) is 46.7 Å². The largest absolute Gasteiger partial charge is 0.307 e. The van der Waals surface area contributed by atoms with E-state index in [1.807, 2.05) is 24.3 Å². The predicted octanol–water partition coefficient (Wildman–Crippen LogP) is 5.99. The van der Waals surface area contributed by atoms with Gasteiger partial charge in [-0.1, -0.05) is 71.0 Å². The first-order chi connectivity index (χ1) is 13.3. The molecule has 2 aromatic carbocycles. The van der Waals surface area contributed by atoms with Crippen LogP contribution in [0.5, 0.6) is 0 Å². The van der Waals surface area contributed by atoms with E-state index in [-0.39, 0.29) is 5.41 Å². The Morgan fingerprint density at radius 2 is 1.50 bits per heavy atom. The van der Waals surface area contributed by atoms with E-state index in [4.69, 9.17) is 15.0 Å². The molecule has 0 spiro atoms. The summed E-state index contributed by atoms with van der Waals surface area (Å²) in [5, 5.41) is 0. The van der Waals surface area contributed by atoms with Gasteiger partial charge in [0, 0.05) is 12.1 Å². The minimum absolute atomic E-state index is 0.136. The second-order valence-electron chi connectivity index (χ2n) is 8.96. The number of nitrogens with zero attached hydrogens (tertiary/aromatic N) is 4. The SMILES string of the molecule is CC(C)CCn1c(-c2ccc(C(C)(C)C)cc2)nc2nc3ccccc3nc21. The number of imidazole rings is 1. The number of hydrogen-bond donors (Lipinski definition) is 0. The summed E-state index contributed by atoms with van der Waals surface area (Å²) in [6.07, 6.45) is 1.08. The average molecular weight is 373 g/mol. The maximum absolute atomic E-state index is 4.90. The zero-order valence-electron chi connectivity index (χ0n) is 17.4. The fraction of sp³-hybridized carbons (Fsp3) is 0.375. The molecule has 0 N–H and O–H groups in total. The predicted molar refractivity (Wildman–Crippen MR) is 116 cm³/mol. The van der Waals surface area contributed by atoms with Gasteiger partial charge in [-0.15, -0.1) is 0 Å². The van der Waals surface area contributed by atoms with Crippen LogP contribution in [0.4, 0.5) is 0 Å². The fourth-order valence-electron chi connectivity index (χ4n) is 3.44. The maximum Gasteiger partial charge on any atom is 0.198 e. The summed E-state index contributed by atoms with van der Waals surface area (Å²) in [4.78, 5) is 14.6. The molecule has 0 atom stereocenters. The van der Waals surface area contributed by atoms with Gasteiger partial charge in [0.1, 0.15) is 5.82 Å². The molecular formula is C24H28N4. The summed E-state index contributed by atoms with van der Waals surface area (Å²) in [7, 11) is 0. The molecular weight excluding hydrogens is 344 g/mol. The highest BCUT2D eigenvalue weighted by atomic mass is 15.2. The number of para-hydroxylation sites is 2. The Morgan fingerprint density at radius 1 is 0.857 bits per heavy atom. The number of aryl methyl sites for hydroxylation is 1. The lowest BCUT2D eigenvalue weighted by atomic mass is 9.87. The van der Waals surface area contributed by atoms with Crippen LogP contribution in [-0.2, 0) is 12.0 Å². The average Bonchev–Trinajstić information content (AvgIpc) is 3.01. The molecule has 4 heteroatoms. The third-order valence-corrected chi connectivity index (χ3v) is 5.20. The van der Waals surface area contributed by atoms with Crippen molar-refractivity contribution in [2.24, 2.45) is 5.92 Å². The monoisotopic (exact) mass is 372 g/mol.